The van der Waals surface area contributed by atoms with E-state index in [4.69, 9.17) is 4.42 Å². The topological polar surface area (TPSA) is 97.9 Å². The molecule has 3 heterocycles. The summed E-state index contributed by atoms with van der Waals surface area (Å²) < 4.78 is 45.4. The Hall–Kier alpha value is -3.37. The molecule has 1 fully saturated rings. The van der Waals surface area contributed by atoms with E-state index >= 15 is 0 Å². The van der Waals surface area contributed by atoms with E-state index in [-0.39, 0.29) is 17.7 Å². The van der Waals surface area contributed by atoms with Crippen LogP contribution in [0.1, 0.15) is 24.8 Å². The van der Waals surface area contributed by atoms with Crippen molar-refractivity contribution < 1.29 is 22.4 Å². The highest BCUT2D eigenvalue weighted by Gasteiger charge is 2.44. The standard InChI is InChI=1S/C18H17F3N6O2/c1-17(7-8-22-15(17)28)16-25-24-14(29-16)13-12(9-27(2)26-13)23-11-5-3-10(4-6-11)18(19,20)21/h3-6,9,23H,7-8H2,1-2H3,(H,22,28). The summed E-state index contributed by atoms with van der Waals surface area (Å²) in [4.78, 5) is 12.1. The molecule has 2 aromatic heterocycles. The van der Waals surface area contributed by atoms with Gasteiger partial charge in [0.15, 0.2) is 5.69 Å². The summed E-state index contributed by atoms with van der Waals surface area (Å²) in [5.74, 6) is 0.112. The summed E-state index contributed by atoms with van der Waals surface area (Å²) in [6, 6.07) is 4.62. The summed E-state index contributed by atoms with van der Waals surface area (Å²) in [6.45, 7) is 2.25. The number of nitrogens with zero attached hydrogens (tertiary/aromatic N) is 4. The van der Waals surface area contributed by atoms with Gasteiger partial charge in [0.25, 0.3) is 5.89 Å². The van der Waals surface area contributed by atoms with Crippen molar-refractivity contribution in [2.75, 3.05) is 11.9 Å². The Bertz CT molecular complexity index is 1060. The summed E-state index contributed by atoms with van der Waals surface area (Å²) in [5, 5.41) is 18.1. The maximum Gasteiger partial charge on any atom is 0.416 e. The minimum Gasteiger partial charge on any atom is -0.418 e. The number of aromatic nitrogens is 4. The first-order valence-corrected chi connectivity index (χ1v) is 8.77. The predicted molar refractivity (Wildman–Crippen MR) is 96.2 cm³/mol. The molecule has 2 N–H and O–H groups in total. The molecule has 1 amide bonds. The number of anilines is 2. The first-order valence-electron chi connectivity index (χ1n) is 8.77. The maximum atomic E-state index is 12.7. The van der Waals surface area contributed by atoms with Crippen LogP contribution in [0.15, 0.2) is 34.9 Å². The van der Waals surface area contributed by atoms with Gasteiger partial charge < -0.3 is 15.1 Å². The number of halogens is 3. The molecule has 11 heteroatoms. The molecular formula is C18H17F3N6O2. The van der Waals surface area contributed by atoms with Crippen LogP contribution in [0.3, 0.4) is 0 Å². The Labute approximate surface area is 163 Å². The van der Waals surface area contributed by atoms with E-state index in [1.54, 1.807) is 20.2 Å². The van der Waals surface area contributed by atoms with Crippen molar-refractivity contribution in [2.45, 2.75) is 24.9 Å². The minimum atomic E-state index is -4.40. The van der Waals surface area contributed by atoms with Crippen molar-refractivity contribution in [2.24, 2.45) is 7.05 Å². The lowest BCUT2D eigenvalue weighted by Crippen LogP contribution is -2.32. The molecule has 0 bridgehead atoms. The second-order valence-corrected chi connectivity index (χ2v) is 7.02. The van der Waals surface area contributed by atoms with Gasteiger partial charge in [-0.3, -0.25) is 9.48 Å². The Kier molecular flexibility index (Phi) is 4.32. The molecule has 1 saturated heterocycles. The van der Waals surface area contributed by atoms with Gasteiger partial charge in [-0.15, -0.1) is 10.2 Å². The van der Waals surface area contributed by atoms with E-state index in [2.05, 4.69) is 25.9 Å². The van der Waals surface area contributed by atoms with Crippen LogP contribution in [0.25, 0.3) is 11.6 Å². The van der Waals surface area contributed by atoms with E-state index in [1.165, 1.54) is 16.8 Å². The molecule has 8 nitrogen and oxygen atoms in total. The Balaban J connectivity index is 1.62. The van der Waals surface area contributed by atoms with Crippen molar-refractivity contribution in [3.05, 3.63) is 41.9 Å². The number of carbonyl (C=O) groups is 1. The molecule has 1 aliphatic rings. The third kappa shape index (κ3) is 3.43. The van der Waals surface area contributed by atoms with Crippen molar-refractivity contribution in [3.8, 4) is 11.6 Å². The molecule has 152 valence electrons. The molecule has 3 aromatic rings. The van der Waals surface area contributed by atoms with Crippen molar-refractivity contribution >= 4 is 17.3 Å². The average Bonchev–Trinajstić information content (AvgIpc) is 3.35. The molecule has 1 aromatic carbocycles. The molecule has 1 unspecified atom stereocenters. The first kappa shape index (κ1) is 19.0. The summed E-state index contributed by atoms with van der Waals surface area (Å²) in [7, 11) is 1.68. The molecule has 0 aliphatic carbocycles. The van der Waals surface area contributed by atoms with E-state index in [0.29, 0.717) is 30.0 Å². The van der Waals surface area contributed by atoms with E-state index in [9.17, 15) is 18.0 Å². The number of alkyl halides is 3. The number of carbonyl (C=O) groups excluding carboxylic acids is 1. The number of rotatable bonds is 4. The molecule has 29 heavy (non-hydrogen) atoms. The van der Waals surface area contributed by atoms with E-state index in [1.807, 2.05) is 0 Å². The smallest absolute Gasteiger partial charge is 0.416 e. The summed E-state index contributed by atoms with van der Waals surface area (Å²) in [5.41, 5.74) is -0.397. The van der Waals surface area contributed by atoms with Gasteiger partial charge in [0.05, 0.1) is 11.3 Å². The first-order chi connectivity index (χ1) is 13.7. The lowest BCUT2D eigenvalue weighted by Gasteiger charge is -2.14. The third-order valence-corrected chi connectivity index (χ3v) is 4.83. The van der Waals surface area contributed by atoms with Crippen molar-refractivity contribution in [1.29, 1.82) is 0 Å². The normalized spacial score (nSPS) is 19.4. The molecular weight excluding hydrogens is 389 g/mol. The number of aryl methyl sites for hydroxylation is 1. The van der Waals surface area contributed by atoms with Crippen LogP contribution in [0.5, 0.6) is 0 Å². The molecule has 0 saturated carbocycles. The Morgan fingerprint density at radius 3 is 2.59 bits per heavy atom. The fourth-order valence-corrected chi connectivity index (χ4v) is 3.12. The van der Waals surface area contributed by atoms with Crippen LogP contribution in [-0.2, 0) is 23.4 Å². The van der Waals surface area contributed by atoms with Crippen LogP contribution in [0.4, 0.5) is 24.5 Å². The number of nitrogens with one attached hydrogen (secondary N) is 2. The minimum absolute atomic E-state index is 0.107. The largest absolute Gasteiger partial charge is 0.418 e. The number of hydrogen-bond acceptors (Lipinski definition) is 6. The highest BCUT2D eigenvalue weighted by molar-refractivity contribution is 5.88. The van der Waals surface area contributed by atoms with Gasteiger partial charge in [0.1, 0.15) is 5.41 Å². The summed E-state index contributed by atoms with van der Waals surface area (Å²) >= 11 is 0. The van der Waals surface area contributed by atoms with Crippen molar-refractivity contribution in [3.63, 3.8) is 0 Å². The van der Waals surface area contributed by atoms with Crippen LogP contribution in [0, 0.1) is 0 Å². The molecule has 0 radical (unpaired) electrons. The fourth-order valence-electron chi connectivity index (χ4n) is 3.12. The van der Waals surface area contributed by atoms with Gasteiger partial charge in [-0.05, 0) is 37.6 Å². The van der Waals surface area contributed by atoms with Gasteiger partial charge in [-0.1, -0.05) is 0 Å². The quantitative estimate of drug-likeness (QED) is 0.691. The van der Waals surface area contributed by atoms with Crippen LogP contribution in [-0.4, -0.2) is 32.4 Å². The van der Waals surface area contributed by atoms with Crippen LogP contribution >= 0.6 is 0 Å². The predicted octanol–water partition coefficient (Wildman–Crippen LogP) is 3.01. The van der Waals surface area contributed by atoms with Crippen LogP contribution in [0.2, 0.25) is 0 Å². The monoisotopic (exact) mass is 406 g/mol. The third-order valence-electron chi connectivity index (χ3n) is 4.83. The molecule has 4 rings (SSSR count). The fraction of sp³-hybridized carbons (Fsp3) is 0.333. The summed E-state index contributed by atoms with van der Waals surface area (Å²) in [6.07, 6.45) is -2.23. The van der Waals surface area contributed by atoms with Crippen LogP contribution < -0.4 is 10.6 Å². The molecule has 0 spiro atoms. The average molecular weight is 406 g/mol. The number of benzene rings is 1. The maximum absolute atomic E-state index is 12.7. The zero-order valence-electron chi connectivity index (χ0n) is 15.5. The lowest BCUT2D eigenvalue weighted by molar-refractivity contribution is -0.137. The van der Waals surface area contributed by atoms with E-state index in [0.717, 1.165) is 12.1 Å². The van der Waals surface area contributed by atoms with Gasteiger partial charge in [0.2, 0.25) is 11.8 Å². The van der Waals surface area contributed by atoms with Gasteiger partial charge in [-0.25, -0.2) is 0 Å². The van der Waals surface area contributed by atoms with E-state index < -0.39 is 17.2 Å². The zero-order valence-corrected chi connectivity index (χ0v) is 15.5. The SMILES string of the molecule is Cn1cc(Nc2ccc(C(F)(F)F)cc2)c(-c2nnc(C3(C)CCNC3=O)o2)n1. The van der Waals surface area contributed by atoms with Gasteiger partial charge >= 0.3 is 6.18 Å². The highest BCUT2D eigenvalue weighted by Crippen LogP contribution is 2.35. The molecule has 1 aliphatic heterocycles. The number of hydrogen-bond donors (Lipinski definition) is 2. The zero-order chi connectivity index (χ0) is 20.8. The second-order valence-electron chi connectivity index (χ2n) is 7.02. The highest BCUT2D eigenvalue weighted by atomic mass is 19.4. The van der Waals surface area contributed by atoms with Crippen molar-refractivity contribution in [1.82, 2.24) is 25.3 Å². The Morgan fingerprint density at radius 1 is 1.24 bits per heavy atom. The molecule has 1 atom stereocenters. The van der Waals surface area contributed by atoms with Gasteiger partial charge in [-0.2, -0.15) is 18.3 Å². The second kappa shape index (κ2) is 6.61. The lowest BCUT2D eigenvalue weighted by atomic mass is 9.89. The number of amides is 1. The Morgan fingerprint density at radius 2 is 1.97 bits per heavy atom. The van der Waals surface area contributed by atoms with Gasteiger partial charge in [0, 0.05) is 25.5 Å².